The minimum atomic E-state index is 0.823. The van der Waals surface area contributed by atoms with E-state index in [4.69, 9.17) is 0 Å². The SMILES string of the molecule is CC1c2cc3c(cc2C2CCCCC12)C(C)C1CCCCC31. The first kappa shape index (κ1) is 13.6. The van der Waals surface area contributed by atoms with E-state index in [0.29, 0.717) is 0 Å². The average molecular weight is 294 g/mol. The van der Waals surface area contributed by atoms with Gasteiger partial charge < -0.3 is 0 Å². The van der Waals surface area contributed by atoms with Gasteiger partial charge in [-0.15, -0.1) is 0 Å². The topological polar surface area (TPSA) is 0 Å². The predicted octanol–water partition coefficient (Wildman–Crippen LogP) is 6.47. The number of benzene rings is 1. The van der Waals surface area contributed by atoms with Crippen molar-refractivity contribution in [3.05, 3.63) is 34.4 Å². The van der Waals surface area contributed by atoms with Crippen LogP contribution in [-0.2, 0) is 0 Å². The van der Waals surface area contributed by atoms with E-state index in [9.17, 15) is 0 Å². The van der Waals surface area contributed by atoms with Crippen LogP contribution in [0.5, 0.6) is 0 Å². The third kappa shape index (κ3) is 1.70. The van der Waals surface area contributed by atoms with Gasteiger partial charge in [0.2, 0.25) is 0 Å². The van der Waals surface area contributed by atoms with E-state index in [0.717, 1.165) is 35.5 Å². The number of hydrogen-bond donors (Lipinski definition) is 0. The van der Waals surface area contributed by atoms with Gasteiger partial charge in [0.1, 0.15) is 0 Å². The average Bonchev–Trinajstić information content (AvgIpc) is 3.01. The normalized spacial score (nSPS) is 42.5. The summed E-state index contributed by atoms with van der Waals surface area (Å²) in [5.74, 6) is 5.37. The van der Waals surface area contributed by atoms with Crippen molar-refractivity contribution < 1.29 is 0 Å². The van der Waals surface area contributed by atoms with E-state index in [2.05, 4.69) is 26.0 Å². The molecule has 6 unspecified atom stereocenters. The first-order valence-corrected chi connectivity index (χ1v) is 9.93. The number of rotatable bonds is 0. The van der Waals surface area contributed by atoms with Gasteiger partial charge in [-0.3, -0.25) is 0 Å². The lowest BCUT2D eigenvalue weighted by molar-refractivity contribution is 0.295. The first-order valence-electron chi connectivity index (χ1n) is 9.93. The molecule has 0 nitrogen and oxygen atoms in total. The molecular weight excluding hydrogens is 264 g/mol. The second-order valence-corrected chi connectivity index (χ2v) is 8.80. The van der Waals surface area contributed by atoms with Crippen LogP contribution in [0.1, 0.15) is 111 Å². The summed E-state index contributed by atoms with van der Waals surface area (Å²) in [4.78, 5) is 0. The largest absolute Gasteiger partial charge is 0.0581 e. The number of fused-ring (bicyclic) bond motifs is 6. The molecule has 22 heavy (non-hydrogen) atoms. The molecular formula is C22H30. The smallest absolute Gasteiger partial charge is 0.0125 e. The molecule has 4 aliphatic rings. The third-order valence-corrected chi connectivity index (χ3v) is 7.99. The summed E-state index contributed by atoms with van der Waals surface area (Å²) in [6.07, 6.45) is 11.8. The minimum Gasteiger partial charge on any atom is -0.0581 e. The standard InChI is InChI=1S/C22H30/c1-13-15-7-3-5-9-17(15)21-12-20-14(2)16-8-4-6-10-18(16)22(20)11-19(13)21/h11-18H,3-10H2,1-2H3. The van der Waals surface area contributed by atoms with Crippen LogP contribution in [0, 0.1) is 11.8 Å². The van der Waals surface area contributed by atoms with Gasteiger partial charge in [-0.2, -0.15) is 0 Å². The van der Waals surface area contributed by atoms with Gasteiger partial charge in [0.05, 0.1) is 0 Å². The molecule has 1 aromatic rings. The van der Waals surface area contributed by atoms with Gasteiger partial charge in [-0.25, -0.2) is 0 Å². The Hall–Kier alpha value is -0.780. The third-order valence-electron chi connectivity index (χ3n) is 7.99. The molecule has 0 heterocycles. The van der Waals surface area contributed by atoms with Crippen LogP contribution in [0.2, 0.25) is 0 Å². The van der Waals surface area contributed by atoms with Crippen LogP contribution in [-0.4, -0.2) is 0 Å². The lowest BCUT2D eigenvalue weighted by Gasteiger charge is -2.29. The van der Waals surface area contributed by atoms with Crippen LogP contribution in [0.4, 0.5) is 0 Å². The van der Waals surface area contributed by atoms with Crippen LogP contribution in [0.3, 0.4) is 0 Å². The van der Waals surface area contributed by atoms with Crippen molar-refractivity contribution in [2.45, 2.75) is 88.9 Å². The highest BCUT2D eigenvalue weighted by atomic mass is 14.5. The van der Waals surface area contributed by atoms with Gasteiger partial charge in [0.15, 0.2) is 0 Å². The highest BCUT2D eigenvalue weighted by Gasteiger charge is 2.44. The molecule has 0 heteroatoms. The Bertz CT molecular complexity index is 545. The van der Waals surface area contributed by atoms with Gasteiger partial charge in [0, 0.05) is 0 Å². The Kier molecular flexibility index (Phi) is 3.01. The Labute approximate surface area is 135 Å². The Morgan fingerprint density at radius 2 is 1.00 bits per heavy atom. The molecule has 5 rings (SSSR count). The summed E-state index contributed by atoms with van der Waals surface area (Å²) in [6.45, 7) is 5.05. The van der Waals surface area contributed by atoms with Crippen molar-refractivity contribution in [2.24, 2.45) is 11.8 Å². The Morgan fingerprint density at radius 3 is 1.45 bits per heavy atom. The Balaban J connectivity index is 1.62. The highest BCUT2D eigenvalue weighted by Crippen LogP contribution is 2.58. The van der Waals surface area contributed by atoms with Gasteiger partial charge in [0.25, 0.3) is 0 Å². The van der Waals surface area contributed by atoms with E-state index in [-0.39, 0.29) is 0 Å². The van der Waals surface area contributed by atoms with Crippen LogP contribution in [0.15, 0.2) is 12.1 Å². The predicted molar refractivity (Wildman–Crippen MR) is 92.7 cm³/mol. The minimum absolute atomic E-state index is 0.823. The monoisotopic (exact) mass is 294 g/mol. The van der Waals surface area contributed by atoms with E-state index in [1.165, 1.54) is 51.4 Å². The van der Waals surface area contributed by atoms with E-state index >= 15 is 0 Å². The molecule has 0 spiro atoms. The molecule has 2 fully saturated rings. The molecule has 0 N–H and O–H groups in total. The molecule has 0 radical (unpaired) electrons. The van der Waals surface area contributed by atoms with E-state index in [1.807, 2.05) is 0 Å². The molecule has 0 saturated heterocycles. The molecule has 0 amide bonds. The van der Waals surface area contributed by atoms with Crippen molar-refractivity contribution in [2.75, 3.05) is 0 Å². The molecule has 2 saturated carbocycles. The fourth-order valence-electron chi connectivity index (χ4n) is 6.85. The van der Waals surface area contributed by atoms with Crippen molar-refractivity contribution in [1.82, 2.24) is 0 Å². The molecule has 0 aliphatic heterocycles. The first-order chi connectivity index (χ1) is 10.8. The van der Waals surface area contributed by atoms with Gasteiger partial charge >= 0.3 is 0 Å². The summed E-state index contributed by atoms with van der Waals surface area (Å²) in [5, 5.41) is 0. The summed E-state index contributed by atoms with van der Waals surface area (Å²) < 4.78 is 0. The molecule has 6 atom stereocenters. The quantitative estimate of drug-likeness (QED) is 0.514. The Morgan fingerprint density at radius 1 is 0.591 bits per heavy atom. The van der Waals surface area contributed by atoms with Crippen molar-refractivity contribution in [1.29, 1.82) is 0 Å². The van der Waals surface area contributed by atoms with Gasteiger partial charge in [-0.1, -0.05) is 51.7 Å². The molecule has 4 aliphatic carbocycles. The zero-order chi connectivity index (χ0) is 14.8. The maximum absolute atomic E-state index is 2.71. The highest BCUT2D eigenvalue weighted by molar-refractivity contribution is 5.51. The fraction of sp³-hybridized carbons (Fsp3) is 0.727. The second kappa shape index (κ2) is 4.86. The van der Waals surface area contributed by atoms with E-state index in [1.54, 1.807) is 22.3 Å². The van der Waals surface area contributed by atoms with Crippen LogP contribution < -0.4 is 0 Å². The van der Waals surface area contributed by atoms with Crippen LogP contribution >= 0.6 is 0 Å². The lowest BCUT2D eigenvalue weighted by Crippen LogP contribution is -2.16. The summed E-state index contributed by atoms with van der Waals surface area (Å²) in [7, 11) is 0. The second-order valence-electron chi connectivity index (χ2n) is 8.80. The summed E-state index contributed by atoms with van der Waals surface area (Å²) in [6, 6.07) is 5.42. The van der Waals surface area contributed by atoms with Crippen molar-refractivity contribution in [3.63, 3.8) is 0 Å². The maximum atomic E-state index is 2.71. The lowest BCUT2D eigenvalue weighted by atomic mass is 9.76. The molecule has 0 bridgehead atoms. The van der Waals surface area contributed by atoms with Crippen molar-refractivity contribution in [3.8, 4) is 0 Å². The van der Waals surface area contributed by atoms with Crippen molar-refractivity contribution >= 4 is 0 Å². The van der Waals surface area contributed by atoms with E-state index < -0.39 is 0 Å². The molecule has 1 aromatic carbocycles. The van der Waals surface area contributed by atoms with Crippen LogP contribution in [0.25, 0.3) is 0 Å². The molecule has 0 aromatic heterocycles. The zero-order valence-corrected chi connectivity index (χ0v) is 14.3. The van der Waals surface area contributed by atoms with Gasteiger partial charge in [-0.05, 0) is 83.4 Å². The number of hydrogen-bond acceptors (Lipinski definition) is 0. The summed E-state index contributed by atoms with van der Waals surface area (Å²) >= 11 is 0. The summed E-state index contributed by atoms with van der Waals surface area (Å²) in [5.41, 5.74) is 7.08. The maximum Gasteiger partial charge on any atom is -0.0125 e. The fourth-order valence-corrected chi connectivity index (χ4v) is 6.85. The molecule has 118 valence electrons. The zero-order valence-electron chi connectivity index (χ0n) is 14.3.